The SMILES string of the molecule is COCC(C(=O)Nc1cccc2c(-c3nc(Nc4ccc(CCO)nc4)ncc3F)c[nH]c12)N1CCN(C)CC1. The molecule has 4 aromatic rings. The number of piperazine rings is 1. The van der Waals surface area contributed by atoms with Gasteiger partial charge in [0.05, 0.1) is 35.9 Å². The molecule has 1 aliphatic heterocycles. The van der Waals surface area contributed by atoms with Crippen molar-refractivity contribution in [3.8, 4) is 11.3 Å². The van der Waals surface area contributed by atoms with Gasteiger partial charge in [0, 0.05) is 69.2 Å². The summed E-state index contributed by atoms with van der Waals surface area (Å²) in [7, 11) is 3.66. The lowest BCUT2D eigenvalue weighted by Gasteiger charge is -2.36. The molecule has 210 valence electrons. The molecule has 0 spiro atoms. The van der Waals surface area contributed by atoms with E-state index in [1.165, 1.54) is 0 Å². The van der Waals surface area contributed by atoms with Gasteiger partial charge in [-0.3, -0.25) is 14.7 Å². The van der Waals surface area contributed by atoms with Crippen LogP contribution in [0.3, 0.4) is 0 Å². The lowest BCUT2D eigenvalue weighted by atomic mass is 10.1. The highest BCUT2D eigenvalue weighted by Crippen LogP contribution is 2.33. The Kier molecular flexibility index (Phi) is 8.60. The second-order valence-corrected chi connectivity index (χ2v) is 9.76. The number of hydrogen-bond donors (Lipinski definition) is 4. The first-order valence-electron chi connectivity index (χ1n) is 13.1. The Morgan fingerprint density at radius 2 is 2.00 bits per heavy atom. The van der Waals surface area contributed by atoms with E-state index in [4.69, 9.17) is 9.84 Å². The maximum Gasteiger partial charge on any atom is 0.244 e. The molecule has 0 saturated carbocycles. The number of anilines is 3. The van der Waals surface area contributed by atoms with Gasteiger partial charge < -0.3 is 30.4 Å². The maximum absolute atomic E-state index is 15.0. The topological polar surface area (TPSA) is 132 Å². The number of hydrogen-bond acceptors (Lipinski definition) is 9. The van der Waals surface area contributed by atoms with Crippen LogP contribution in [0.15, 0.2) is 48.9 Å². The monoisotopic (exact) mass is 548 g/mol. The van der Waals surface area contributed by atoms with Gasteiger partial charge in [0.1, 0.15) is 11.7 Å². The van der Waals surface area contributed by atoms with Crippen molar-refractivity contribution in [2.75, 3.05) is 64.2 Å². The third-order valence-corrected chi connectivity index (χ3v) is 7.03. The maximum atomic E-state index is 15.0. The summed E-state index contributed by atoms with van der Waals surface area (Å²) in [5.41, 5.74) is 3.30. The van der Waals surface area contributed by atoms with Crippen LogP contribution in [0.25, 0.3) is 22.2 Å². The minimum atomic E-state index is -0.576. The number of ether oxygens (including phenoxy) is 1. The Morgan fingerprint density at radius 3 is 2.73 bits per heavy atom. The predicted molar refractivity (Wildman–Crippen MR) is 151 cm³/mol. The van der Waals surface area contributed by atoms with Crippen LogP contribution in [0, 0.1) is 5.82 Å². The molecular formula is C28H33FN8O3. The molecule has 40 heavy (non-hydrogen) atoms. The minimum Gasteiger partial charge on any atom is -0.396 e. The van der Waals surface area contributed by atoms with E-state index in [1.54, 1.807) is 31.6 Å². The highest BCUT2D eigenvalue weighted by atomic mass is 19.1. The van der Waals surface area contributed by atoms with Crippen molar-refractivity contribution in [3.05, 3.63) is 60.4 Å². The number of para-hydroxylation sites is 1. The number of nitrogens with zero attached hydrogens (tertiary/aromatic N) is 5. The summed E-state index contributed by atoms with van der Waals surface area (Å²) < 4.78 is 20.4. The lowest BCUT2D eigenvalue weighted by Crippen LogP contribution is -2.54. The van der Waals surface area contributed by atoms with Crippen molar-refractivity contribution in [2.45, 2.75) is 12.5 Å². The van der Waals surface area contributed by atoms with Crippen LogP contribution in [-0.4, -0.2) is 100 Å². The van der Waals surface area contributed by atoms with E-state index in [0.29, 0.717) is 34.3 Å². The number of likely N-dealkylation sites (N-methyl/N-ethyl adjacent to an activating group) is 1. The number of pyridine rings is 1. The molecule has 1 saturated heterocycles. The van der Waals surface area contributed by atoms with Gasteiger partial charge in [-0.15, -0.1) is 0 Å². The van der Waals surface area contributed by atoms with Gasteiger partial charge in [-0.05, 0) is 25.2 Å². The molecule has 0 aliphatic carbocycles. The molecule has 1 atom stereocenters. The van der Waals surface area contributed by atoms with Crippen molar-refractivity contribution in [3.63, 3.8) is 0 Å². The van der Waals surface area contributed by atoms with Crippen molar-refractivity contribution in [2.24, 2.45) is 0 Å². The average Bonchev–Trinajstić information content (AvgIpc) is 3.39. The summed E-state index contributed by atoms with van der Waals surface area (Å²) in [6.45, 7) is 3.63. The summed E-state index contributed by atoms with van der Waals surface area (Å²) in [4.78, 5) is 33.7. The third kappa shape index (κ3) is 6.10. The number of benzene rings is 1. The first-order valence-corrected chi connectivity index (χ1v) is 13.1. The second-order valence-electron chi connectivity index (χ2n) is 9.76. The molecule has 1 amide bonds. The van der Waals surface area contributed by atoms with E-state index >= 15 is 0 Å². The fourth-order valence-corrected chi connectivity index (χ4v) is 4.82. The van der Waals surface area contributed by atoms with Crippen molar-refractivity contribution < 1.29 is 19.0 Å². The molecule has 5 rings (SSSR count). The molecule has 3 aromatic heterocycles. The van der Waals surface area contributed by atoms with Crippen LogP contribution in [0.1, 0.15) is 5.69 Å². The van der Waals surface area contributed by atoms with Crippen LogP contribution >= 0.6 is 0 Å². The number of rotatable bonds is 10. The molecule has 1 fully saturated rings. The lowest BCUT2D eigenvalue weighted by molar-refractivity contribution is -0.124. The second kappa shape index (κ2) is 12.5. The number of halogens is 1. The minimum absolute atomic E-state index is 0.0181. The Morgan fingerprint density at radius 1 is 1.18 bits per heavy atom. The smallest absolute Gasteiger partial charge is 0.244 e. The fraction of sp³-hybridized carbons (Fsp3) is 0.357. The molecule has 1 unspecified atom stereocenters. The van der Waals surface area contributed by atoms with Crippen LogP contribution < -0.4 is 10.6 Å². The van der Waals surface area contributed by atoms with E-state index in [2.05, 4.69) is 47.4 Å². The van der Waals surface area contributed by atoms with E-state index in [-0.39, 0.29) is 30.8 Å². The first-order chi connectivity index (χ1) is 19.5. The van der Waals surface area contributed by atoms with E-state index in [1.807, 2.05) is 18.2 Å². The molecule has 1 aliphatic rings. The normalized spacial score (nSPS) is 15.3. The van der Waals surface area contributed by atoms with Crippen molar-refractivity contribution >= 4 is 34.1 Å². The number of aromatic nitrogens is 4. The number of aliphatic hydroxyl groups is 1. The van der Waals surface area contributed by atoms with Gasteiger partial charge in [0.15, 0.2) is 5.82 Å². The zero-order chi connectivity index (χ0) is 28.1. The van der Waals surface area contributed by atoms with E-state index in [9.17, 15) is 9.18 Å². The van der Waals surface area contributed by atoms with Crippen LogP contribution in [0.4, 0.5) is 21.7 Å². The number of nitrogens with one attached hydrogen (secondary N) is 3. The number of aromatic amines is 1. The number of carbonyl (C=O) groups is 1. The number of aliphatic hydroxyl groups excluding tert-OH is 1. The Hall–Kier alpha value is -3.97. The summed E-state index contributed by atoms with van der Waals surface area (Å²) in [6.07, 6.45) is 4.86. The number of H-pyrrole nitrogens is 1. The van der Waals surface area contributed by atoms with Crippen LogP contribution in [-0.2, 0) is 16.0 Å². The van der Waals surface area contributed by atoms with E-state index < -0.39 is 11.9 Å². The summed E-state index contributed by atoms with van der Waals surface area (Å²) in [5, 5.41) is 15.9. The molecule has 4 heterocycles. The van der Waals surface area contributed by atoms with Crippen LogP contribution in [0.5, 0.6) is 0 Å². The first kappa shape index (κ1) is 27.6. The zero-order valence-electron chi connectivity index (χ0n) is 22.5. The Labute approximate surface area is 231 Å². The highest BCUT2D eigenvalue weighted by molar-refractivity contribution is 6.06. The van der Waals surface area contributed by atoms with Gasteiger partial charge >= 0.3 is 0 Å². The Balaban J connectivity index is 1.38. The van der Waals surface area contributed by atoms with Crippen molar-refractivity contribution in [1.82, 2.24) is 29.7 Å². The molecule has 1 aromatic carbocycles. The van der Waals surface area contributed by atoms with E-state index in [0.717, 1.165) is 38.1 Å². The fourth-order valence-electron chi connectivity index (χ4n) is 4.82. The van der Waals surface area contributed by atoms with Crippen molar-refractivity contribution in [1.29, 1.82) is 0 Å². The number of carbonyl (C=O) groups excluding carboxylic acids is 1. The third-order valence-electron chi connectivity index (χ3n) is 7.03. The van der Waals surface area contributed by atoms with Gasteiger partial charge in [-0.25, -0.2) is 14.4 Å². The van der Waals surface area contributed by atoms with Gasteiger partial charge in [-0.1, -0.05) is 12.1 Å². The number of fused-ring (bicyclic) bond motifs is 1. The Bertz CT molecular complexity index is 1450. The highest BCUT2D eigenvalue weighted by Gasteiger charge is 2.29. The predicted octanol–water partition coefficient (Wildman–Crippen LogP) is 2.64. The molecule has 12 heteroatoms. The van der Waals surface area contributed by atoms with Gasteiger partial charge in [0.2, 0.25) is 11.9 Å². The van der Waals surface area contributed by atoms with Gasteiger partial charge in [-0.2, -0.15) is 0 Å². The van der Waals surface area contributed by atoms with Gasteiger partial charge in [0.25, 0.3) is 0 Å². The number of amides is 1. The average molecular weight is 549 g/mol. The zero-order valence-corrected chi connectivity index (χ0v) is 22.5. The summed E-state index contributed by atoms with van der Waals surface area (Å²) in [6, 6.07) is 8.63. The standard InChI is InChI=1S/C28H33FN8O3/c1-36-9-11-37(12-10-36)24(17-40-2)27(39)34-23-5-3-4-20-21(15-31-26(20)23)25-22(29)16-32-28(35-25)33-19-7-6-18(8-13-38)30-14-19/h3-7,14-16,24,31,38H,8-13,17H2,1-2H3,(H,34,39)(H,32,33,35). The quantitative estimate of drug-likeness (QED) is 0.236. The summed E-state index contributed by atoms with van der Waals surface area (Å²) >= 11 is 0. The molecular weight excluding hydrogens is 515 g/mol. The summed E-state index contributed by atoms with van der Waals surface area (Å²) in [5.74, 6) is -0.526. The molecule has 11 nitrogen and oxygen atoms in total. The molecule has 0 bridgehead atoms. The molecule has 0 radical (unpaired) electrons. The van der Waals surface area contributed by atoms with Crippen LogP contribution in [0.2, 0.25) is 0 Å². The largest absolute Gasteiger partial charge is 0.396 e. The number of methoxy groups -OCH3 is 1. The molecule has 4 N–H and O–H groups in total.